The first kappa shape index (κ1) is 16.9. The average Bonchev–Trinajstić information content (AvgIpc) is 3.18. The van der Waals surface area contributed by atoms with E-state index in [2.05, 4.69) is 15.0 Å². The zero-order chi connectivity index (χ0) is 18.8. The second kappa shape index (κ2) is 7.00. The number of para-hydroxylation sites is 1. The molecule has 0 atom stereocenters. The highest BCUT2D eigenvalue weighted by molar-refractivity contribution is 7.99. The average molecular weight is 381 g/mol. The van der Waals surface area contributed by atoms with E-state index in [0.29, 0.717) is 21.8 Å². The molecule has 4 rings (SSSR count). The minimum atomic E-state index is -0.574. The second-order valence-corrected chi connectivity index (χ2v) is 6.40. The molecule has 27 heavy (non-hydrogen) atoms. The lowest BCUT2D eigenvalue weighted by molar-refractivity contribution is -0.385. The first-order valence-electron chi connectivity index (χ1n) is 7.78. The first-order chi connectivity index (χ1) is 13.1. The molecular weight excluding hydrogens is 370 g/mol. The van der Waals surface area contributed by atoms with E-state index >= 15 is 0 Å². The number of furan rings is 1. The molecular formula is C17H11N5O4S. The van der Waals surface area contributed by atoms with Crippen molar-refractivity contribution in [1.29, 1.82) is 0 Å². The van der Waals surface area contributed by atoms with E-state index in [1.165, 1.54) is 10.8 Å². The van der Waals surface area contributed by atoms with Gasteiger partial charge in [-0.15, -0.1) is 0 Å². The van der Waals surface area contributed by atoms with Gasteiger partial charge in [-0.2, -0.15) is 0 Å². The molecule has 9 nitrogen and oxygen atoms in total. The maximum atomic E-state index is 12.9. The number of hydrogen-bond acceptors (Lipinski definition) is 8. The van der Waals surface area contributed by atoms with Crippen LogP contribution in [0.5, 0.6) is 0 Å². The third kappa shape index (κ3) is 3.42. The Morgan fingerprint density at radius 2 is 1.93 bits per heavy atom. The molecule has 0 amide bonds. The van der Waals surface area contributed by atoms with E-state index < -0.39 is 4.92 Å². The van der Waals surface area contributed by atoms with E-state index in [1.54, 1.807) is 36.4 Å². The summed E-state index contributed by atoms with van der Waals surface area (Å²) in [6, 6.07) is 10.5. The highest BCUT2D eigenvalue weighted by Gasteiger charge is 2.16. The molecule has 4 aromatic rings. The van der Waals surface area contributed by atoms with Gasteiger partial charge in [-0.05, 0) is 36.0 Å². The molecule has 3 heterocycles. The lowest BCUT2D eigenvalue weighted by Gasteiger charge is -2.11. The molecule has 0 aliphatic carbocycles. The van der Waals surface area contributed by atoms with Crippen LogP contribution in [0, 0.1) is 10.1 Å². The van der Waals surface area contributed by atoms with Crippen molar-refractivity contribution >= 4 is 28.4 Å². The summed E-state index contributed by atoms with van der Waals surface area (Å²) in [5.74, 6) is 0.598. The normalized spacial score (nSPS) is 11.0. The van der Waals surface area contributed by atoms with Gasteiger partial charge < -0.3 is 4.42 Å². The molecule has 3 aromatic heterocycles. The molecule has 10 heteroatoms. The zero-order valence-electron chi connectivity index (χ0n) is 13.7. The molecule has 0 N–H and O–H groups in total. The van der Waals surface area contributed by atoms with Crippen LogP contribution in [0.4, 0.5) is 5.69 Å². The Bertz CT molecular complexity index is 1170. The maximum Gasteiger partial charge on any atom is 0.305 e. The van der Waals surface area contributed by atoms with Gasteiger partial charge in [-0.3, -0.25) is 19.5 Å². The molecule has 0 bridgehead atoms. The lowest BCUT2D eigenvalue weighted by atomic mass is 10.2. The SMILES string of the molecule is O=c1c2ccccc2nc(Sc2ncc([N+](=O)[O-])cn2)n1Cc1ccco1. The number of hydrogen-bond donors (Lipinski definition) is 0. The van der Waals surface area contributed by atoms with Crippen molar-refractivity contribution in [3.63, 3.8) is 0 Å². The molecule has 0 spiro atoms. The maximum absolute atomic E-state index is 12.9. The summed E-state index contributed by atoms with van der Waals surface area (Å²) >= 11 is 1.05. The van der Waals surface area contributed by atoms with Gasteiger partial charge >= 0.3 is 5.69 Å². The van der Waals surface area contributed by atoms with Crippen LogP contribution in [0.2, 0.25) is 0 Å². The number of nitrogens with zero attached hydrogens (tertiary/aromatic N) is 5. The van der Waals surface area contributed by atoms with Crippen LogP contribution in [0.3, 0.4) is 0 Å². The second-order valence-electron chi connectivity index (χ2n) is 5.47. The van der Waals surface area contributed by atoms with E-state index in [-0.39, 0.29) is 22.9 Å². The summed E-state index contributed by atoms with van der Waals surface area (Å²) in [5.41, 5.74) is 0.114. The van der Waals surface area contributed by atoms with Gasteiger partial charge in [0.1, 0.15) is 18.2 Å². The number of fused-ring (bicyclic) bond motifs is 1. The fourth-order valence-corrected chi connectivity index (χ4v) is 3.24. The van der Waals surface area contributed by atoms with Gasteiger partial charge in [0.05, 0.1) is 28.6 Å². The Hall–Kier alpha value is -3.53. The largest absolute Gasteiger partial charge is 0.467 e. The Morgan fingerprint density at radius 1 is 1.15 bits per heavy atom. The van der Waals surface area contributed by atoms with Gasteiger partial charge in [0.25, 0.3) is 5.56 Å². The molecule has 0 radical (unpaired) electrons. The van der Waals surface area contributed by atoms with Crippen LogP contribution >= 0.6 is 11.8 Å². The number of rotatable bonds is 5. The van der Waals surface area contributed by atoms with Gasteiger partial charge in [0.2, 0.25) is 0 Å². The van der Waals surface area contributed by atoms with E-state index in [9.17, 15) is 14.9 Å². The molecule has 1 aromatic carbocycles. The summed E-state index contributed by atoms with van der Waals surface area (Å²) in [6.45, 7) is 0.193. The third-order valence-corrected chi connectivity index (χ3v) is 4.62. The summed E-state index contributed by atoms with van der Waals surface area (Å²) in [4.78, 5) is 35.6. The minimum Gasteiger partial charge on any atom is -0.467 e. The van der Waals surface area contributed by atoms with Crippen LogP contribution < -0.4 is 5.56 Å². The first-order valence-corrected chi connectivity index (χ1v) is 8.60. The van der Waals surface area contributed by atoms with Crippen molar-refractivity contribution in [2.75, 3.05) is 0 Å². The predicted molar refractivity (Wildman–Crippen MR) is 96.6 cm³/mol. The Morgan fingerprint density at radius 3 is 2.63 bits per heavy atom. The summed E-state index contributed by atoms with van der Waals surface area (Å²) in [5, 5.41) is 11.8. The van der Waals surface area contributed by atoms with Crippen LogP contribution in [0.25, 0.3) is 10.9 Å². The third-order valence-electron chi connectivity index (χ3n) is 3.73. The number of benzene rings is 1. The topological polar surface area (TPSA) is 117 Å². The smallest absolute Gasteiger partial charge is 0.305 e. The van der Waals surface area contributed by atoms with Crippen molar-refractivity contribution in [3.8, 4) is 0 Å². The minimum absolute atomic E-state index is 0.193. The fraction of sp³-hybridized carbons (Fsp3) is 0.0588. The highest BCUT2D eigenvalue weighted by Crippen LogP contribution is 2.25. The number of aromatic nitrogens is 4. The standard InChI is InChI=1S/C17H11N5O4S/c23-15-13-5-1-2-6-14(13)20-17(21(15)10-12-4-3-7-26-12)27-16-18-8-11(9-19-16)22(24)25/h1-9H,10H2. The van der Waals surface area contributed by atoms with Crippen LogP contribution in [-0.4, -0.2) is 24.4 Å². The van der Waals surface area contributed by atoms with Crippen molar-refractivity contribution in [2.45, 2.75) is 16.9 Å². The van der Waals surface area contributed by atoms with Crippen molar-refractivity contribution in [3.05, 3.63) is 81.3 Å². The molecule has 0 aliphatic heterocycles. The molecule has 0 saturated carbocycles. The quantitative estimate of drug-likeness (QED) is 0.294. The van der Waals surface area contributed by atoms with Crippen LogP contribution in [-0.2, 0) is 6.54 Å². The Kier molecular flexibility index (Phi) is 4.38. The zero-order valence-corrected chi connectivity index (χ0v) is 14.5. The lowest BCUT2D eigenvalue weighted by Crippen LogP contribution is -2.23. The van der Waals surface area contributed by atoms with Crippen molar-refractivity contribution in [1.82, 2.24) is 19.5 Å². The van der Waals surface area contributed by atoms with E-state index in [4.69, 9.17) is 4.42 Å². The van der Waals surface area contributed by atoms with Crippen molar-refractivity contribution in [2.24, 2.45) is 0 Å². The van der Waals surface area contributed by atoms with Gasteiger partial charge in [-0.1, -0.05) is 12.1 Å². The fourth-order valence-electron chi connectivity index (χ4n) is 2.46. The monoisotopic (exact) mass is 381 g/mol. The van der Waals surface area contributed by atoms with Crippen molar-refractivity contribution < 1.29 is 9.34 Å². The molecule has 0 aliphatic rings. The Labute approximate surface area is 155 Å². The molecule has 0 saturated heterocycles. The van der Waals surface area contributed by atoms with Gasteiger partial charge in [0, 0.05) is 0 Å². The number of nitro groups is 1. The molecule has 0 fully saturated rings. The summed E-state index contributed by atoms with van der Waals surface area (Å²) < 4.78 is 6.82. The van der Waals surface area contributed by atoms with Crippen LogP contribution in [0.15, 0.2) is 74.6 Å². The van der Waals surface area contributed by atoms with Gasteiger partial charge in [0.15, 0.2) is 10.3 Å². The van der Waals surface area contributed by atoms with Crippen LogP contribution in [0.1, 0.15) is 5.76 Å². The summed E-state index contributed by atoms with van der Waals surface area (Å²) in [6.07, 6.45) is 3.76. The van der Waals surface area contributed by atoms with Gasteiger partial charge in [-0.25, -0.2) is 15.0 Å². The molecule has 0 unspecified atom stereocenters. The van der Waals surface area contributed by atoms with E-state index in [0.717, 1.165) is 24.2 Å². The summed E-state index contributed by atoms with van der Waals surface area (Å²) in [7, 11) is 0. The Balaban J connectivity index is 1.79. The van der Waals surface area contributed by atoms with E-state index in [1.807, 2.05) is 0 Å². The molecule has 134 valence electrons. The highest BCUT2D eigenvalue weighted by atomic mass is 32.2. The predicted octanol–water partition coefficient (Wildman–Crippen LogP) is 2.89.